The van der Waals surface area contributed by atoms with E-state index in [1.54, 1.807) is 7.05 Å². The molecule has 1 atom stereocenters. The lowest BCUT2D eigenvalue weighted by Gasteiger charge is -2.21. The molecule has 1 unspecified atom stereocenters. The highest BCUT2D eigenvalue weighted by Crippen LogP contribution is 2.20. The minimum atomic E-state index is -0.525. The number of hydrogen-bond acceptors (Lipinski definition) is 2. The Bertz CT molecular complexity index is 406. The van der Waals surface area contributed by atoms with Gasteiger partial charge in [0.15, 0.2) is 0 Å². The molecule has 0 aliphatic heterocycles. The Morgan fingerprint density at radius 2 is 2.18 bits per heavy atom. The van der Waals surface area contributed by atoms with Crippen LogP contribution in [0, 0.1) is 11.7 Å². The van der Waals surface area contributed by atoms with Gasteiger partial charge in [-0.15, -0.1) is 0 Å². The second-order valence-electron chi connectivity index (χ2n) is 4.36. The molecule has 0 spiro atoms. The van der Waals surface area contributed by atoms with Crippen LogP contribution in [0.5, 0.6) is 5.75 Å². The Labute approximate surface area is 101 Å². The van der Waals surface area contributed by atoms with Crippen LogP contribution < -0.4 is 0 Å². The topological polar surface area (TPSA) is 40.5 Å². The zero-order valence-corrected chi connectivity index (χ0v) is 10.4. The molecule has 0 saturated heterocycles. The maximum Gasteiger partial charge on any atom is 0.257 e. The van der Waals surface area contributed by atoms with Crippen molar-refractivity contribution in [2.75, 3.05) is 13.6 Å². The maximum absolute atomic E-state index is 13.0. The van der Waals surface area contributed by atoms with E-state index in [4.69, 9.17) is 0 Å². The largest absolute Gasteiger partial charge is 0.507 e. The number of aromatic hydroxyl groups is 1. The highest BCUT2D eigenvalue weighted by atomic mass is 19.1. The molecule has 17 heavy (non-hydrogen) atoms. The van der Waals surface area contributed by atoms with E-state index in [1.165, 1.54) is 11.0 Å². The van der Waals surface area contributed by atoms with Crippen LogP contribution in [0.2, 0.25) is 0 Å². The van der Waals surface area contributed by atoms with Gasteiger partial charge in [-0.2, -0.15) is 0 Å². The molecule has 94 valence electrons. The highest BCUT2D eigenvalue weighted by molar-refractivity contribution is 5.96. The minimum Gasteiger partial charge on any atom is -0.507 e. The lowest BCUT2D eigenvalue weighted by molar-refractivity contribution is 0.0771. The fraction of sp³-hybridized carbons (Fsp3) is 0.462. The number of rotatable bonds is 4. The Kier molecular flexibility index (Phi) is 4.49. The molecule has 0 saturated carbocycles. The smallest absolute Gasteiger partial charge is 0.257 e. The van der Waals surface area contributed by atoms with Crippen LogP contribution in [0.15, 0.2) is 18.2 Å². The summed E-state index contributed by atoms with van der Waals surface area (Å²) in [7, 11) is 1.65. The third-order valence-corrected chi connectivity index (χ3v) is 2.82. The maximum atomic E-state index is 13.0. The minimum absolute atomic E-state index is 0.0100. The number of benzene rings is 1. The fourth-order valence-electron chi connectivity index (χ4n) is 1.56. The van der Waals surface area contributed by atoms with E-state index < -0.39 is 5.82 Å². The summed E-state index contributed by atoms with van der Waals surface area (Å²) in [5.41, 5.74) is 0.0100. The van der Waals surface area contributed by atoms with Gasteiger partial charge in [0.05, 0.1) is 5.56 Å². The first kappa shape index (κ1) is 13.5. The summed E-state index contributed by atoms with van der Waals surface area (Å²) in [4.78, 5) is 13.5. The Morgan fingerprint density at radius 1 is 1.53 bits per heavy atom. The molecular weight excluding hydrogens is 221 g/mol. The normalized spacial score (nSPS) is 12.2. The van der Waals surface area contributed by atoms with Crippen molar-refractivity contribution in [1.29, 1.82) is 0 Å². The van der Waals surface area contributed by atoms with Crippen LogP contribution in [-0.2, 0) is 0 Å². The molecule has 1 aromatic carbocycles. The molecule has 1 N–H and O–H groups in total. The van der Waals surface area contributed by atoms with Crippen LogP contribution >= 0.6 is 0 Å². The molecule has 1 aromatic rings. The molecular formula is C13H18FNO2. The predicted molar refractivity (Wildman–Crippen MR) is 64.5 cm³/mol. The van der Waals surface area contributed by atoms with Crippen molar-refractivity contribution in [1.82, 2.24) is 4.90 Å². The molecule has 0 heterocycles. The average molecular weight is 239 g/mol. The Balaban J connectivity index is 2.85. The summed E-state index contributed by atoms with van der Waals surface area (Å²) in [6.45, 7) is 4.67. The van der Waals surface area contributed by atoms with Crippen LogP contribution in [-0.4, -0.2) is 29.5 Å². The van der Waals surface area contributed by atoms with E-state index >= 15 is 0 Å². The van der Waals surface area contributed by atoms with Crippen LogP contribution in [0.25, 0.3) is 0 Å². The Hall–Kier alpha value is -1.58. The summed E-state index contributed by atoms with van der Waals surface area (Å²) < 4.78 is 13.0. The van der Waals surface area contributed by atoms with Crippen molar-refractivity contribution < 1.29 is 14.3 Å². The molecule has 1 rings (SSSR count). The van der Waals surface area contributed by atoms with Crippen LogP contribution in [0.3, 0.4) is 0 Å². The molecule has 0 aliphatic carbocycles. The third kappa shape index (κ3) is 3.44. The van der Waals surface area contributed by atoms with Gasteiger partial charge in [-0.05, 0) is 24.1 Å². The zero-order valence-electron chi connectivity index (χ0n) is 10.4. The van der Waals surface area contributed by atoms with Gasteiger partial charge in [-0.25, -0.2) is 4.39 Å². The summed E-state index contributed by atoms with van der Waals surface area (Å²) in [6.07, 6.45) is 0.965. The monoisotopic (exact) mass is 239 g/mol. The molecule has 0 aromatic heterocycles. The first-order valence-electron chi connectivity index (χ1n) is 5.69. The number of hydrogen-bond donors (Lipinski definition) is 1. The van der Waals surface area contributed by atoms with E-state index in [2.05, 4.69) is 0 Å². The number of phenols is 1. The van der Waals surface area contributed by atoms with Gasteiger partial charge >= 0.3 is 0 Å². The van der Waals surface area contributed by atoms with Crippen LogP contribution in [0.1, 0.15) is 30.6 Å². The van der Waals surface area contributed by atoms with Gasteiger partial charge in [0, 0.05) is 13.6 Å². The van der Waals surface area contributed by atoms with Gasteiger partial charge in [0.1, 0.15) is 11.6 Å². The van der Waals surface area contributed by atoms with Crippen molar-refractivity contribution in [2.45, 2.75) is 20.3 Å². The molecule has 3 nitrogen and oxygen atoms in total. The van der Waals surface area contributed by atoms with Crippen molar-refractivity contribution in [2.24, 2.45) is 5.92 Å². The second-order valence-corrected chi connectivity index (χ2v) is 4.36. The molecule has 0 fully saturated rings. The molecule has 1 amide bonds. The first-order chi connectivity index (χ1) is 7.95. The first-order valence-corrected chi connectivity index (χ1v) is 5.69. The van der Waals surface area contributed by atoms with E-state index in [1.807, 2.05) is 13.8 Å². The number of nitrogens with zero attached hydrogens (tertiary/aromatic N) is 1. The Morgan fingerprint density at radius 3 is 2.76 bits per heavy atom. The zero-order chi connectivity index (χ0) is 13.0. The summed E-state index contributed by atoms with van der Waals surface area (Å²) in [6, 6.07) is 3.38. The van der Waals surface area contributed by atoms with Gasteiger partial charge < -0.3 is 10.0 Å². The summed E-state index contributed by atoms with van der Waals surface area (Å²) in [5, 5.41) is 9.53. The average Bonchev–Trinajstić information content (AvgIpc) is 2.31. The van der Waals surface area contributed by atoms with Gasteiger partial charge in [0.2, 0.25) is 0 Å². The van der Waals surface area contributed by atoms with Crippen LogP contribution in [0.4, 0.5) is 4.39 Å². The van der Waals surface area contributed by atoms with E-state index in [9.17, 15) is 14.3 Å². The number of carbonyl (C=O) groups excluding carboxylic acids is 1. The second kappa shape index (κ2) is 5.66. The van der Waals surface area contributed by atoms with Crippen molar-refractivity contribution >= 4 is 5.91 Å². The number of halogens is 1. The van der Waals surface area contributed by atoms with Gasteiger partial charge in [-0.1, -0.05) is 20.3 Å². The standard InChI is InChI=1S/C13H18FNO2/c1-4-9(2)8-15(3)13(17)11-7-10(14)5-6-12(11)16/h5-7,9,16H,4,8H2,1-3H3. The van der Waals surface area contributed by atoms with Gasteiger partial charge in [-0.3, -0.25) is 4.79 Å². The third-order valence-electron chi connectivity index (χ3n) is 2.82. The fourth-order valence-corrected chi connectivity index (χ4v) is 1.56. The van der Waals surface area contributed by atoms with Crippen molar-refractivity contribution in [3.8, 4) is 5.75 Å². The lowest BCUT2D eigenvalue weighted by Crippen LogP contribution is -2.31. The molecule has 0 bridgehead atoms. The molecule has 0 radical (unpaired) electrons. The number of phenolic OH excluding ortho intramolecular Hbond substituents is 1. The van der Waals surface area contributed by atoms with E-state index in [0.717, 1.165) is 18.6 Å². The number of carbonyl (C=O) groups is 1. The lowest BCUT2D eigenvalue weighted by atomic mass is 10.1. The summed E-state index contributed by atoms with van der Waals surface area (Å²) >= 11 is 0. The van der Waals surface area contributed by atoms with E-state index in [0.29, 0.717) is 12.5 Å². The van der Waals surface area contributed by atoms with Crippen molar-refractivity contribution in [3.63, 3.8) is 0 Å². The predicted octanol–water partition coefficient (Wildman–Crippen LogP) is 2.65. The van der Waals surface area contributed by atoms with E-state index in [-0.39, 0.29) is 17.2 Å². The van der Waals surface area contributed by atoms with Gasteiger partial charge in [0.25, 0.3) is 5.91 Å². The SMILES string of the molecule is CCC(C)CN(C)C(=O)c1cc(F)ccc1O. The van der Waals surface area contributed by atoms with Crippen molar-refractivity contribution in [3.05, 3.63) is 29.6 Å². The number of amides is 1. The molecule has 4 heteroatoms. The molecule has 0 aliphatic rings. The summed E-state index contributed by atoms with van der Waals surface area (Å²) in [5.74, 6) is -0.697. The quantitative estimate of drug-likeness (QED) is 0.877. The highest BCUT2D eigenvalue weighted by Gasteiger charge is 2.17.